The van der Waals surface area contributed by atoms with E-state index < -0.39 is 0 Å². The van der Waals surface area contributed by atoms with Gasteiger partial charge in [0.25, 0.3) is 0 Å². The minimum Gasteiger partial charge on any atom is -0.367 e. The summed E-state index contributed by atoms with van der Waals surface area (Å²) in [4.78, 5) is 6.50. The van der Waals surface area contributed by atoms with Crippen molar-refractivity contribution in [3.05, 3.63) is 41.5 Å². The quantitative estimate of drug-likeness (QED) is 0.790. The largest absolute Gasteiger partial charge is 0.367 e. The van der Waals surface area contributed by atoms with Gasteiger partial charge in [0.15, 0.2) is 0 Å². The molecule has 0 amide bonds. The predicted octanol–water partition coefficient (Wildman–Crippen LogP) is 3.61. The number of nitrogens with zero attached hydrogens (tertiary/aromatic N) is 2. The molecule has 3 rings (SSSR count). The van der Waals surface area contributed by atoms with Crippen molar-refractivity contribution in [3.63, 3.8) is 0 Å². The summed E-state index contributed by atoms with van der Waals surface area (Å²) in [5, 5.41) is 4.09. The van der Waals surface area contributed by atoms with E-state index in [4.69, 9.17) is 10.3 Å². The highest BCUT2D eigenvalue weighted by Crippen LogP contribution is 2.38. The second-order valence-electron chi connectivity index (χ2n) is 4.13. The van der Waals surface area contributed by atoms with Gasteiger partial charge in [-0.3, -0.25) is 4.98 Å². The van der Waals surface area contributed by atoms with Crippen LogP contribution >= 0.6 is 11.3 Å². The fourth-order valence-electron chi connectivity index (χ4n) is 1.96. The Labute approximate surface area is 114 Å². The number of aryl methyl sites for hydroxylation is 1. The lowest BCUT2D eigenvalue weighted by molar-refractivity contribution is 0.439. The number of rotatable bonds is 3. The maximum absolute atomic E-state index is 5.90. The molecule has 96 valence electrons. The van der Waals surface area contributed by atoms with Gasteiger partial charge >= 0.3 is 0 Å². The third-order valence-corrected chi connectivity index (χ3v) is 4.15. The molecule has 0 aromatic carbocycles. The van der Waals surface area contributed by atoms with Crippen molar-refractivity contribution in [1.29, 1.82) is 0 Å². The Balaban J connectivity index is 2.13. The minimum atomic E-state index is 0.328. The lowest BCUT2D eigenvalue weighted by Crippen LogP contribution is -1.87. The Kier molecular flexibility index (Phi) is 3.05. The van der Waals surface area contributed by atoms with Gasteiger partial charge in [0.1, 0.15) is 5.69 Å². The van der Waals surface area contributed by atoms with Gasteiger partial charge in [-0.15, -0.1) is 11.3 Å². The van der Waals surface area contributed by atoms with Crippen molar-refractivity contribution in [1.82, 2.24) is 10.1 Å². The zero-order valence-corrected chi connectivity index (χ0v) is 11.3. The first-order chi connectivity index (χ1) is 9.29. The fourth-order valence-corrected chi connectivity index (χ4v) is 2.89. The number of nitrogen functional groups attached to an aromatic ring is 1. The highest BCUT2D eigenvalue weighted by molar-refractivity contribution is 7.15. The minimum absolute atomic E-state index is 0.328. The van der Waals surface area contributed by atoms with E-state index >= 15 is 0 Å². The summed E-state index contributed by atoms with van der Waals surface area (Å²) in [5.41, 5.74) is 8.42. The summed E-state index contributed by atoms with van der Waals surface area (Å²) >= 11 is 1.71. The second kappa shape index (κ2) is 4.85. The van der Waals surface area contributed by atoms with E-state index in [0.717, 1.165) is 28.1 Å². The SMILES string of the molecule is CCc1ccc(-c2noc(N)c2-c2cccnc2)s1. The van der Waals surface area contributed by atoms with Gasteiger partial charge in [-0.25, -0.2) is 0 Å². The van der Waals surface area contributed by atoms with Gasteiger partial charge in [0, 0.05) is 22.8 Å². The van der Waals surface area contributed by atoms with Crippen molar-refractivity contribution in [2.75, 3.05) is 5.73 Å². The molecule has 3 aromatic rings. The topological polar surface area (TPSA) is 64.9 Å². The van der Waals surface area contributed by atoms with Crippen LogP contribution in [0.5, 0.6) is 0 Å². The van der Waals surface area contributed by atoms with Crippen molar-refractivity contribution in [3.8, 4) is 21.7 Å². The monoisotopic (exact) mass is 271 g/mol. The zero-order chi connectivity index (χ0) is 13.2. The molecule has 19 heavy (non-hydrogen) atoms. The van der Waals surface area contributed by atoms with Gasteiger partial charge < -0.3 is 10.3 Å². The average Bonchev–Trinajstić information content (AvgIpc) is 3.05. The van der Waals surface area contributed by atoms with Crippen LogP contribution < -0.4 is 5.73 Å². The third kappa shape index (κ3) is 2.13. The summed E-state index contributed by atoms with van der Waals surface area (Å²) in [7, 11) is 0. The van der Waals surface area contributed by atoms with Gasteiger partial charge in [0.2, 0.25) is 5.88 Å². The zero-order valence-electron chi connectivity index (χ0n) is 10.5. The summed E-state index contributed by atoms with van der Waals surface area (Å²) in [6.07, 6.45) is 4.51. The summed E-state index contributed by atoms with van der Waals surface area (Å²) in [6, 6.07) is 7.99. The molecule has 0 saturated heterocycles. The lowest BCUT2D eigenvalue weighted by atomic mass is 10.1. The van der Waals surface area contributed by atoms with Crippen LogP contribution in [0.15, 0.2) is 41.2 Å². The molecule has 5 heteroatoms. The molecule has 4 nitrogen and oxygen atoms in total. The molecule has 3 heterocycles. The van der Waals surface area contributed by atoms with E-state index in [-0.39, 0.29) is 0 Å². The fraction of sp³-hybridized carbons (Fsp3) is 0.143. The van der Waals surface area contributed by atoms with Crippen LogP contribution in [0.1, 0.15) is 11.8 Å². The number of nitrogens with two attached hydrogens (primary N) is 1. The predicted molar refractivity (Wildman–Crippen MR) is 76.8 cm³/mol. The molecule has 0 saturated carbocycles. The molecule has 0 aliphatic heterocycles. The highest BCUT2D eigenvalue weighted by Gasteiger charge is 2.18. The summed E-state index contributed by atoms with van der Waals surface area (Å²) in [5.74, 6) is 0.328. The molecule has 0 unspecified atom stereocenters. The van der Waals surface area contributed by atoms with Crippen molar-refractivity contribution in [2.45, 2.75) is 13.3 Å². The molecule has 0 aliphatic carbocycles. The van der Waals surface area contributed by atoms with Crippen LogP contribution in [0.4, 0.5) is 5.88 Å². The van der Waals surface area contributed by atoms with Crippen molar-refractivity contribution < 1.29 is 4.52 Å². The first-order valence-corrected chi connectivity index (χ1v) is 6.86. The first kappa shape index (κ1) is 11.9. The molecule has 0 aliphatic rings. The van der Waals surface area contributed by atoms with E-state index in [1.807, 2.05) is 12.1 Å². The van der Waals surface area contributed by atoms with E-state index in [1.165, 1.54) is 4.88 Å². The van der Waals surface area contributed by atoms with E-state index in [0.29, 0.717) is 5.88 Å². The van der Waals surface area contributed by atoms with Gasteiger partial charge in [0.05, 0.1) is 10.4 Å². The number of hydrogen-bond acceptors (Lipinski definition) is 5. The van der Waals surface area contributed by atoms with Gasteiger partial charge in [-0.05, 0) is 24.6 Å². The Morgan fingerprint density at radius 2 is 2.21 bits per heavy atom. The van der Waals surface area contributed by atoms with Crippen LogP contribution in [-0.4, -0.2) is 10.1 Å². The average molecular weight is 271 g/mol. The molecule has 0 atom stereocenters. The van der Waals surface area contributed by atoms with E-state index in [1.54, 1.807) is 23.7 Å². The summed E-state index contributed by atoms with van der Waals surface area (Å²) < 4.78 is 5.15. The highest BCUT2D eigenvalue weighted by atomic mass is 32.1. The molecule has 0 fully saturated rings. The number of aromatic nitrogens is 2. The van der Waals surface area contributed by atoms with Crippen LogP contribution in [0.2, 0.25) is 0 Å². The molecule has 0 bridgehead atoms. The maximum Gasteiger partial charge on any atom is 0.230 e. The Morgan fingerprint density at radius 3 is 2.89 bits per heavy atom. The second-order valence-corrected chi connectivity index (χ2v) is 5.30. The van der Waals surface area contributed by atoms with Crippen molar-refractivity contribution >= 4 is 17.2 Å². The molecule has 2 N–H and O–H groups in total. The Morgan fingerprint density at radius 1 is 1.32 bits per heavy atom. The normalized spacial score (nSPS) is 10.8. The van der Waals surface area contributed by atoms with Gasteiger partial charge in [-0.1, -0.05) is 18.1 Å². The van der Waals surface area contributed by atoms with Crippen LogP contribution in [-0.2, 0) is 6.42 Å². The Hall–Kier alpha value is -2.14. The third-order valence-electron chi connectivity index (χ3n) is 2.91. The molecule has 3 aromatic heterocycles. The number of thiophene rings is 1. The number of pyridine rings is 1. The molecule has 0 spiro atoms. The molecule has 0 radical (unpaired) electrons. The lowest BCUT2D eigenvalue weighted by Gasteiger charge is -1.99. The van der Waals surface area contributed by atoms with Crippen LogP contribution in [0.25, 0.3) is 21.7 Å². The number of anilines is 1. The Bertz CT molecular complexity index is 688. The van der Waals surface area contributed by atoms with Crippen molar-refractivity contribution in [2.24, 2.45) is 0 Å². The summed E-state index contributed by atoms with van der Waals surface area (Å²) in [6.45, 7) is 2.13. The van der Waals surface area contributed by atoms with Crippen LogP contribution in [0.3, 0.4) is 0 Å². The first-order valence-electron chi connectivity index (χ1n) is 6.04. The maximum atomic E-state index is 5.90. The molecular formula is C14H13N3OS. The van der Waals surface area contributed by atoms with E-state index in [9.17, 15) is 0 Å². The smallest absolute Gasteiger partial charge is 0.230 e. The van der Waals surface area contributed by atoms with Gasteiger partial charge in [-0.2, -0.15) is 0 Å². The van der Waals surface area contributed by atoms with Crippen LogP contribution in [0, 0.1) is 0 Å². The molecular weight excluding hydrogens is 258 g/mol. The van der Waals surface area contributed by atoms with E-state index in [2.05, 4.69) is 29.2 Å². The number of hydrogen-bond donors (Lipinski definition) is 1. The standard InChI is InChI=1S/C14H13N3OS/c1-2-10-5-6-11(19-10)13-12(14(15)18-17-13)9-4-3-7-16-8-9/h3-8H,2,15H2,1H3.